The summed E-state index contributed by atoms with van der Waals surface area (Å²) in [6, 6.07) is 13.3. The number of imide groups is 1. The zero-order valence-corrected chi connectivity index (χ0v) is 23.9. The summed E-state index contributed by atoms with van der Waals surface area (Å²) < 4.78 is 45.4. The van der Waals surface area contributed by atoms with Gasteiger partial charge in [-0.05, 0) is 72.6 Å². The molecule has 0 aromatic heterocycles. The highest BCUT2D eigenvalue weighted by molar-refractivity contribution is 9.10. The molecule has 0 spiro atoms. The quantitative estimate of drug-likeness (QED) is 0.113. The molecule has 1 fully saturated rings. The number of nitro groups is 1. The van der Waals surface area contributed by atoms with Crippen LogP contribution in [0.4, 0.5) is 29.3 Å². The van der Waals surface area contributed by atoms with E-state index in [1.165, 1.54) is 36.0 Å². The van der Waals surface area contributed by atoms with Crippen molar-refractivity contribution in [2.75, 3.05) is 18.1 Å². The predicted octanol–water partition coefficient (Wildman–Crippen LogP) is 7.57. The Hall–Kier alpha value is -3.82. The van der Waals surface area contributed by atoms with E-state index in [9.17, 15) is 37.7 Å². The largest absolute Gasteiger partial charge is 0.449 e. The number of nitrogens with one attached hydrogen (secondary N) is 1. The number of anilines is 1. The summed E-state index contributed by atoms with van der Waals surface area (Å²) in [4.78, 5) is 50.3. The topological polar surface area (TPSA) is 119 Å². The van der Waals surface area contributed by atoms with E-state index < -0.39 is 51.7 Å². The number of carbonyl (C=O) groups is 3. The molecule has 15 heteroatoms. The Kier molecular flexibility index (Phi) is 9.09. The Morgan fingerprint density at radius 3 is 2.56 bits per heavy atom. The van der Waals surface area contributed by atoms with Crippen LogP contribution in [-0.2, 0) is 15.8 Å². The zero-order valence-electron chi connectivity index (χ0n) is 20.7. The maximum absolute atomic E-state index is 13.1. The van der Waals surface area contributed by atoms with Crippen LogP contribution in [0.1, 0.15) is 11.1 Å². The van der Waals surface area contributed by atoms with Gasteiger partial charge < -0.3 is 10.1 Å². The van der Waals surface area contributed by atoms with Gasteiger partial charge in [-0.2, -0.15) is 13.2 Å². The van der Waals surface area contributed by atoms with Crippen molar-refractivity contribution in [1.82, 2.24) is 4.90 Å². The van der Waals surface area contributed by atoms with Crippen LogP contribution in [0.2, 0.25) is 0 Å². The van der Waals surface area contributed by atoms with Gasteiger partial charge >= 0.3 is 11.9 Å². The minimum absolute atomic E-state index is 0.0331. The first-order valence-electron chi connectivity index (χ1n) is 11.4. The van der Waals surface area contributed by atoms with Crippen molar-refractivity contribution in [2.24, 2.45) is 0 Å². The molecule has 0 atom stereocenters. The lowest BCUT2D eigenvalue weighted by atomic mass is 10.1. The molecule has 0 bridgehead atoms. The van der Waals surface area contributed by atoms with Crippen molar-refractivity contribution in [3.8, 4) is 11.5 Å². The number of hydrogen-bond acceptors (Lipinski definition) is 8. The third-order valence-electron chi connectivity index (χ3n) is 5.49. The molecule has 1 saturated heterocycles. The van der Waals surface area contributed by atoms with E-state index >= 15 is 0 Å². The third-order valence-corrected chi connectivity index (χ3v) is 7.62. The van der Waals surface area contributed by atoms with Gasteiger partial charge in [-0.3, -0.25) is 29.4 Å². The summed E-state index contributed by atoms with van der Waals surface area (Å²) in [7, 11) is 0. The highest BCUT2D eigenvalue weighted by Gasteiger charge is 2.37. The molecule has 0 radical (unpaired) electrons. The Morgan fingerprint density at radius 2 is 1.88 bits per heavy atom. The van der Waals surface area contributed by atoms with Crippen LogP contribution in [0, 0.1) is 10.1 Å². The first-order chi connectivity index (χ1) is 19.3. The van der Waals surface area contributed by atoms with Crippen molar-refractivity contribution in [3.63, 3.8) is 0 Å². The zero-order chi connectivity index (χ0) is 29.9. The van der Waals surface area contributed by atoms with Gasteiger partial charge in [-0.1, -0.05) is 22.0 Å². The molecule has 1 aliphatic heterocycles. The number of hydrogen-bond donors (Lipinski definition) is 1. The average molecular weight is 668 g/mol. The van der Waals surface area contributed by atoms with Crippen molar-refractivity contribution in [1.29, 1.82) is 0 Å². The van der Waals surface area contributed by atoms with Gasteiger partial charge in [-0.25, -0.2) is 0 Å². The second kappa shape index (κ2) is 12.4. The van der Waals surface area contributed by atoms with Gasteiger partial charge in [0.15, 0.2) is 0 Å². The van der Waals surface area contributed by atoms with E-state index in [0.29, 0.717) is 34.1 Å². The number of halogens is 4. The molecule has 1 aliphatic rings. The number of thioether (sulfide) groups is 2. The number of alkyl halides is 3. The second-order valence-electron chi connectivity index (χ2n) is 8.27. The number of rotatable bonds is 8. The molecule has 0 saturated carbocycles. The highest BCUT2D eigenvalue weighted by atomic mass is 79.9. The average Bonchev–Trinajstić information content (AvgIpc) is 3.16. The van der Waals surface area contributed by atoms with Gasteiger partial charge in [-0.15, -0.1) is 11.8 Å². The Bertz CT molecular complexity index is 1600. The van der Waals surface area contributed by atoms with Crippen molar-refractivity contribution < 1.29 is 37.2 Å². The molecule has 3 aromatic rings. The molecule has 1 heterocycles. The van der Waals surface area contributed by atoms with Crippen molar-refractivity contribution >= 4 is 74.0 Å². The minimum atomic E-state index is -4.80. The van der Waals surface area contributed by atoms with Crippen molar-refractivity contribution in [2.45, 2.75) is 11.1 Å². The number of ether oxygens (including phenoxy) is 1. The smallest absolute Gasteiger partial charge is 0.416 e. The van der Waals surface area contributed by atoms with Gasteiger partial charge in [0.2, 0.25) is 11.7 Å². The molecular weight excluding hydrogens is 651 g/mol. The van der Waals surface area contributed by atoms with E-state index in [1.807, 2.05) is 12.3 Å². The summed E-state index contributed by atoms with van der Waals surface area (Å²) >= 11 is 5.33. The predicted molar refractivity (Wildman–Crippen MR) is 152 cm³/mol. The van der Waals surface area contributed by atoms with Gasteiger partial charge in [0, 0.05) is 26.7 Å². The molecule has 9 nitrogen and oxygen atoms in total. The van der Waals surface area contributed by atoms with E-state index in [1.54, 1.807) is 18.2 Å². The summed E-state index contributed by atoms with van der Waals surface area (Å²) in [6.45, 7) is -0.537. The highest BCUT2D eigenvalue weighted by Crippen LogP contribution is 2.40. The SMILES string of the molecule is CSc1cccc(NC(=O)CN2C(=O)S/C(=C/c3cc(Br)ccc3Oc3ccc(C(F)(F)F)cc3[N+](=O)[O-])C2=O)c1. The molecular formula is C26H17BrF3N3O6S2. The van der Waals surface area contributed by atoms with Gasteiger partial charge in [0.25, 0.3) is 11.1 Å². The van der Waals surface area contributed by atoms with Crippen LogP contribution in [0.5, 0.6) is 11.5 Å². The van der Waals surface area contributed by atoms with Crippen LogP contribution in [0.3, 0.4) is 0 Å². The lowest BCUT2D eigenvalue weighted by molar-refractivity contribution is -0.385. The summed E-state index contributed by atoms with van der Waals surface area (Å²) in [6.07, 6.45) is -1.63. The fourth-order valence-corrected chi connectivity index (χ4v) is 5.26. The van der Waals surface area contributed by atoms with E-state index in [2.05, 4.69) is 21.2 Å². The van der Waals surface area contributed by atoms with Gasteiger partial charge in [0.05, 0.1) is 15.4 Å². The monoisotopic (exact) mass is 667 g/mol. The van der Waals surface area contributed by atoms with Crippen LogP contribution in [0.15, 0.2) is 74.9 Å². The van der Waals surface area contributed by atoms with E-state index in [4.69, 9.17) is 4.74 Å². The molecule has 0 aliphatic carbocycles. The first-order valence-corrected chi connectivity index (χ1v) is 14.2. The Balaban J connectivity index is 1.57. The molecule has 3 aromatic carbocycles. The fourth-order valence-electron chi connectivity index (χ4n) is 3.59. The lowest BCUT2D eigenvalue weighted by Gasteiger charge is -2.13. The standard InChI is InChI=1S/C26H17BrF3N3O6S2/c1-40-18-4-2-3-17(12-18)31-23(34)13-32-24(35)22(41-25(32)36)10-14-9-16(27)6-8-20(14)39-21-7-5-15(26(28,29)30)11-19(21)33(37)38/h2-12H,13H2,1H3,(H,31,34)/b22-10+. The first kappa shape index (κ1) is 30.1. The summed E-state index contributed by atoms with van der Waals surface area (Å²) in [5.41, 5.74) is -1.44. The summed E-state index contributed by atoms with van der Waals surface area (Å²) in [5, 5.41) is 13.4. The Labute approximate surface area is 247 Å². The number of amides is 3. The molecule has 41 heavy (non-hydrogen) atoms. The molecule has 3 amide bonds. The van der Waals surface area contributed by atoms with Crippen LogP contribution in [-0.4, -0.2) is 39.7 Å². The lowest BCUT2D eigenvalue weighted by Crippen LogP contribution is -2.36. The number of nitro benzene ring substituents is 1. The normalized spacial score (nSPS) is 14.5. The molecule has 1 N–H and O–H groups in total. The van der Waals surface area contributed by atoms with Crippen LogP contribution < -0.4 is 10.1 Å². The van der Waals surface area contributed by atoms with E-state index in [-0.39, 0.29) is 16.2 Å². The molecule has 0 unspecified atom stereocenters. The number of carbonyl (C=O) groups excluding carboxylic acids is 3. The maximum atomic E-state index is 13.1. The minimum Gasteiger partial charge on any atom is -0.449 e. The van der Waals surface area contributed by atoms with Gasteiger partial charge in [0.1, 0.15) is 12.3 Å². The maximum Gasteiger partial charge on any atom is 0.416 e. The Morgan fingerprint density at radius 1 is 1.15 bits per heavy atom. The van der Waals surface area contributed by atoms with Crippen LogP contribution in [0.25, 0.3) is 6.08 Å². The fraction of sp³-hybridized carbons (Fsp3) is 0.115. The number of nitrogens with zero attached hydrogens (tertiary/aromatic N) is 2. The molecule has 212 valence electrons. The number of benzene rings is 3. The summed E-state index contributed by atoms with van der Waals surface area (Å²) in [5.74, 6) is -1.84. The third kappa shape index (κ3) is 7.28. The molecule has 4 rings (SSSR count). The van der Waals surface area contributed by atoms with Crippen molar-refractivity contribution in [3.05, 3.63) is 91.3 Å². The van der Waals surface area contributed by atoms with E-state index in [0.717, 1.165) is 15.9 Å². The second-order valence-corrected chi connectivity index (χ2v) is 11.1. The van der Waals surface area contributed by atoms with Crippen LogP contribution >= 0.6 is 39.5 Å².